The van der Waals surface area contributed by atoms with Crippen LogP contribution in [0.5, 0.6) is 5.75 Å². The highest BCUT2D eigenvalue weighted by molar-refractivity contribution is 5.61. The number of hydrogen-bond donors (Lipinski definition) is 0. The van der Waals surface area contributed by atoms with E-state index in [-0.39, 0.29) is 5.69 Å². The summed E-state index contributed by atoms with van der Waals surface area (Å²) < 4.78 is 12.1. The molecule has 0 aromatic heterocycles. The molecule has 0 radical (unpaired) electrons. The summed E-state index contributed by atoms with van der Waals surface area (Å²) in [5.74, 6) is 0.632. The van der Waals surface area contributed by atoms with E-state index in [1.165, 1.54) is 12.1 Å². The number of hydrogen-bond acceptors (Lipinski definition) is 5. The Bertz CT molecular complexity index is 803. The van der Waals surface area contributed by atoms with Gasteiger partial charge < -0.3 is 14.4 Å². The van der Waals surface area contributed by atoms with Gasteiger partial charge in [0.25, 0.3) is 5.69 Å². The molecule has 0 saturated heterocycles. The van der Waals surface area contributed by atoms with Gasteiger partial charge in [0.15, 0.2) is 13.0 Å². The first-order valence-corrected chi connectivity index (χ1v) is 7.42. The lowest BCUT2D eigenvalue weighted by molar-refractivity contribution is -0.385. The van der Waals surface area contributed by atoms with Crippen LogP contribution in [-0.2, 0) is 10.3 Å². The van der Waals surface area contributed by atoms with Crippen molar-refractivity contribution < 1.29 is 14.4 Å². The summed E-state index contributed by atoms with van der Waals surface area (Å²) in [6, 6.07) is 12.6. The van der Waals surface area contributed by atoms with Gasteiger partial charge in [-0.05, 0) is 26.0 Å². The second-order valence-electron chi connectivity index (χ2n) is 6.22. The predicted molar refractivity (Wildman–Crippen MR) is 84.4 cm³/mol. The molecule has 4 rings (SSSR count). The van der Waals surface area contributed by atoms with Crippen LogP contribution in [0.4, 0.5) is 11.4 Å². The van der Waals surface area contributed by atoms with Crippen LogP contribution in [0.25, 0.3) is 0 Å². The quantitative estimate of drug-likeness (QED) is 0.593. The molecule has 0 unspecified atom stereocenters. The Hall–Kier alpha value is -2.60. The van der Waals surface area contributed by atoms with Crippen LogP contribution in [0, 0.1) is 10.1 Å². The number of ether oxygens (including phenoxy) is 2. The standard InChI is InChI=1S/C17H16N2O4/c1-17(2)13-5-3-4-6-14(13)18-10-22-15-8-7-11(19(20)21)9-12(15)16(18)23-17/h3-9,16H,10H2,1-2H3/t16-/m0/s1. The van der Waals surface area contributed by atoms with Gasteiger partial charge in [0.2, 0.25) is 0 Å². The molecule has 0 fully saturated rings. The molecule has 6 heteroatoms. The minimum Gasteiger partial charge on any atom is -0.473 e. The lowest BCUT2D eigenvalue weighted by Crippen LogP contribution is -2.46. The zero-order valence-electron chi connectivity index (χ0n) is 12.9. The van der Waals surface area contributed by atoms with E-state index in [1.54, 1.807) is 6.07 Å². The topological polar surface area (TPSA) is 64.8 Å². The van der Waals surface area contributed by atoms with Crippen molar-refractivity contribution >= 4 is 11.4 Å². The van der Waals surface area contributed by atoms with Crippen LogP contribution >= 0.6 is 0 Å². The number of nitro benzene ring substituents is 1. The molecule has 1 atom stereocenters. The predicted octanol–water partition coefficient (Wildman–Crippen LogP) is 3.72. The normalized spacial score (nSPS) is 20.8. The summed E-state index contributed by atoms with van der Waals surface area (Å²) in [5, 5.41) is 11.1. The largest absolute Gasteiger partial charge is 0.473 e. The molecule has 0 spiro atoms. The summed E-state index contributed by atoms with van der Waals surface area (Å²) >= 11 is 0. The molecule has 118 valence electrons. The van der Waals surface area contributed by atoms with E-state index in [0.717, 1.165) is 11.3 Å². The Morgan fingerprint density at radius 2 is 2.04 bits per heavy atom. The van der Waals surface area contributed by atoms with Gasteiger partial charge in [-0.15, -0.1) is 0 Å². The van der Waals surface area contributed by atoms with E-state index in [2.05, 4.69) is 0 Å². The molecule has 2 aliphatic rings. The lowest BCUT2D eigenvalue weighted by Gasteiger charge is -2.47. The Labute approximate surface area is 133 Å². The van der Waals surface area contributed by atoms with Crippen LogP contribution in [0.2, 0.25) is 0 Å². The van der Waals surface area contributed by atoms with E-state index < -0.39 is 16.8 Å². The minimum absolute atomic E-state index is 0.0365. The van der Waals surface area contributed by atoms with Crippen LogP contribution in [0.1, 0.15) is 31.2 Å². The summed E-state index contributed by atoms with van der Waals surface area (Å²) in [4.78, 5) is 12.7. The maximum Gasteiger partial charge on any atom is 0.270 e. The van der Waals surface area contributed by atoms with Crippen LogP contribution < -0.4 is 9.64 Å². The van der Waals surface area contributed by atoms with Crippen molar-refractivity contribution in [1.29, 1.82) is 0 Å². The number of para-hydroxylation sites is 1. The van der Waals surface area contributed by atoms with Crippen molar-refractivity contribution in [1.82, 2.24) is 0 Å². The summed E-state index contributed by atoms with van der Waals surface area (Å²) in [5.41, 5.74) is 2.35. The first-order chi connectivity index (χ1) is 11.0. The van der Waals surface area contributed by atoms with E-state index in [4.69, 9.17) is 9.47 Å². The highest BCUT2D eigenvalue weighted by Crippen LogP contribution is 2.49. The first-order valence-electron chi connectivity index (χ1n) is 7.42. The van der Waals surface area contributed by atoms with Crippen molar-refractivity contribution in [2.24, 2.45) is 0 Å². The summed E-state index contributed by atoms with van der Waals surface area (Å²) in [6.07, 6.45) is -0.399. The van der Waals surface area contributed by atoms with Crippen molar-refractivity contribution in [2.45, 2.75) is 25.7 Å². The molecule has 0 N–H and O–H groups in total. The van der Waals surface area contributed by atoms with Gasteiger partial charge in [-0.25, -0.2) is 0 Å². The van der Waals surface area contributed by atoms with E-state index >= 15 is 0 Å². The van der Waals surface area contributed by atoms with Gasteiger partial charge in [0.05, 0.1) is 16.1 Å². The number of anilines is 1. The average Bonchev–Trinajstić information content (AvgIpc) is 2.54. The van der Waals surface area contributed by atoms with Gasteiger partial charge in [0.1, 0.15) is 5.75 Å². The monoisotopic (exact) mass is 312 g/mol. The second-order valence-corrected chi connectivity index (χ2v) is 6.22. The third-order valence-electron chi connectivity index (χ3n) is 4.38. The second kappa shape index (κ2) is 4.70. The minimum atomic E-state index is -0.489. The Morgan fingerprint density at radius 1 is 1.26 bits per heavy atom. The Kier molecular flexibility index (Phi) is 2.86. The van der Waals surface area contributed by atoms with Crippen LogP contribution in [0.15, 0.2) is 42.5 Å². The SMILES string of the molecule is CC1(C)O[C@H]2c3cc([N+](=O)[O-])ccc3OCN2c2ccccc21. The van der Waals surface area contributed by atoms with Gasteiger partial charge in [0, 0.05) is 23.4 Å². The van der Waals surface area contributed by atoms with Crippen LogP contribution in [0.3, 0.4) is 0 Å². The van der Waals surface area contributed by atoms with E-state index in [9.17, 15) is 10.1 Å². The fourth-order valence-corrected chi connectivity index (χ4v) is 3.25. The molecule has 0 bridgehead atoms. The number of non-ortho nitro benzene ring substituents is 1. The molecule has 2 heterocycles. The molecule has 0 amide bonds. The molecule has 2 aromatic rings. The maximum atomic E-state index is 11.1. The molecule has 6 nitrogen and oxygen atoms in total. The number of fused-ring (bicyclic) bond motifs is 5. The van der Waals surface area contributed by atoms with Crippen molar-refractivity contribution in [3.05, 3.63) is 63.7 Å². The number of nitrogens with zero attached hydrogens (tertiary/aromatic N) is 2. The zero-order valence-corrected chi connectivity index (χ0v) is 12.9. The smallest absolute Gasteiger partial charge is 0.270 e. The number of nitro groups is 1. The lowest BCUT2D eigenvalue weighted by atomic mass is 9.92. The van der Waals surface area contributed by atoms with Crippen LogP contribution in [-0.4, -0.2) is 11.7 Å². The molecule has 0 saturated carbocycles. The van der Waals surface area contributed by atoms with Gasteiger partial charge in [-0.3, -0.25) is 10.1 Å². The van der Waals surface area contributed by atoms with E-state index in [0.29, 0.717) is 18.0 Å². The highest BCUT2D eigenvalue weighted by atomic mass is 16.6. The zero-order chi connectivity index (χ0) is 16.2. The molecular weight excluding hydrogens is 296 g/mol. The maximum absolute atomic E-state index is 11.1. The Balaban J connectivity index is 1.87. The fourth-order valence-electron chi connectivity index (χ4n) is 3.25. The van der Waals surface area contributed by atoms with Gasteiger partial charge >= 0.3 is 0 Å². The Morgan fingerprint density at radius 3 is 2.83 bits per heavy atom. The first kappa shape index (κ1) is 14.0. The third kappa shape index (κ3) is 2.06. The molecule has 0 aliphatic carbocycles. The summed E-state index contributed by atoms with van der Waals surface area (Å²) in [7, 11) is 0. The fraction of sp³-hybridized carbons (Fsp3) is 0.294. The van der Waals surface area contributed by atoms with E-state index in [1.807, 2.05) is 43.0 Å². The average molecular weight is 312 g/mol. The van der Waals surface area contributed by atoms with Gasteiger partial charge in [-0.2, -0.15) is 0 Å². The van der Waals surface area contributed by atoms with Crippen molar-refractivity contribution in [3.8, 4) is 5.75 Å². The molecule has 2 aliphatic heterocycles. The number of rotatable bonds is 1. The molecular formula is C17H16N2O4. The molecule has 23 heavy (non-hydrogen) atoms. The number of benzene rings is 2. The van der Waals surface area contributed by atoms with Crippen molar-refractivity contribution in [3.63, 3.8) is 0 Å². The summed E-state index contributed by atoms with van der Waals surface area (Å²) in [6.45, 7) is 4.37. The highest BCUT2D eigenvalue weighted by Gasteiger charge is 2.42. The van der Waals surface area contributed by atoms with Crippen molar-refractivity contribution in [2.75, 3.05) is 11.6 Å². The van der Waals surface area contributed by atoms with Gasteiger partial charge in [-0.1, -0.05) is 18.2 Å². The molecule has 2 aromatic carbocycles. The third-order valence-corrected chi connectivity index (χ3v) is 4.38.